The van der Waals surface area contributed by atoms with Gasteiger partial charge in [0.1, 0.15) is 0 Å². The molecule has 0 saturated carbocycles. The first kappa shape index (κ1) is 34.6. The Morgan fingerprint density at radius 1 is 0.483 bits per heavy atom. The molecule has 0 amide bonds. The van der Waals surface area contributed by atoms with Crippen molar-refractivity contribution in [2.75, 3.05) is 4.90 Å². The van der Waals surface area contributed by atoms with E-state index in [1.807, 2.05) is 0 Å². The molecule has 0 N–H and O–H groups in total. The fourth-order valence-corrected chi connectivity index (χ4v) is 10.1. The highest BCUT2D eigenvalue weighted by Crippen LogP contribution is 2.52. The zero-order chi connectivity index (χ0) is 39.6. The first-order valence-electron chi connectivity index (χ1n) is 21.3. The molecule has 1 aromatic heterocycles. The molecule has 0 atom stereocenters. The van der Waals surface area contributed by atoms with Gasteiger partial charge in [-0.1, -0.05) is 152 Å². The molecule has 1 heterocycles. The number of aromatic nitrogens is 1. The Kier molecular flexibility index (Phi) is 8.16. The molecule has 12 rings (SSSR count). The molecule has 0 saturated heterocycles. The first-order chi connectivity index (χ1) is 29.8. The summed E-state index contributed by atoms with van der Waals surface area (Å²) < 4.78 is 2.43. The van der Waals surface area contributed by atoms with E-state index < -0.39 is 0 Å². The smallest absolute Gasteiger partial charge is 0.0542 e. The van der Waals surface area contributed by atoms with E-state index in [2.05, 4.69) is 216 Å². The predicted octanol–water partition coefficient (Wildman–Crippen LogP) is 15.9. The lowest BCUT2D eigenvalue weighted by atomic mass is 9.83. The SMILES string of the molecule is C1=CCCC(/C(C2=CCCC=C2)=C2/c3ccccc3-c3ccc(N(c4ccc5c(c4)c4ccccc4n5-c4ccc5ccccc5c4)c4cccc5ccccc45)cc32)=C1. The minimum Gasteiger partial charge on any atom is -0.310 e. The largest absolute Gasteiger partial charge is 0.310 e. The van der Waals surface area contributed by atoms with Crippen LogP contribution in [-0.2, 0) is 0 Å². The second-order valence-corrected chi connectivity index (χ2v) is 16.2. The van der Waals surface area contributed by atoms with E-state index in [0.717, 1.165) is 42.7 Å². The van der Waals surface area contributed by atoms with E-state index in [4.69, 9.17) is 0 Å². The molecular weight excluding hydrogens is 725 g/mol. The summed E-state index contributed by atoms with van der Waals surface area (Å²) in [6.07, 6.45) is 18.3. The summed E-state index contributed by atoms with van der Waals surface area (Å²) >= 11 is 0. The molecule has 60 heavy (non-hydrogen) atoms. The number of rotatable bonds is 6. The van der Waals surface area contributed by atoms with E-state index in [1.54, 1.807) is 0 Å². The van der Waals surface area contributed by atoms with E-state index in [9.17, 15) is 0 Å². The maximum absolute atomic E-state index is 2.49. The highest BCUT2D eigenvalue weighted by Gasteiger charge is 2.30. The number of hydrogen-bond acceptors (Lipinski definition) is 1. The van der Waals surface area contributed by atoms with Crippen molar-refractivity contribution >= 4 is 66.0 Å². The van der Waals surface area contributed by atoms with E-state index >= 15 is 0 Å². The molecule has 2 heteroatoms. The Labute approximate surface area is 350 Å². The third kappa shape index (κ3) is 5.56. The van der Waals surface area contributed by atoms with Crippen LogP contribution in [0, 0.1) is 0 Å². The van der Waals surface area contributed by atoms with Gasteiger partial charge >= 0.3 is 0 Å². The van der Waals surface area contributed by atoms with Crippen molar-refractivity contribution in [2.45, 2.75) is 25.7 Å². The summed E-state index contributed by atoms with van der Waals surface area (Å²) in [6.45, 7) is 0. The van der Waals surface area contributed by atoms with Crippen LogP contribution in [0.1, 0.15) is 36.8 Å². The molecule has 0 radical (unpaired) electrons. The molecule has 3 aliphatic rings. The van der Waals surface area contributed by atoms with Crippen molar-refractivity contribution in [3.8, 4) is 16.8 Å². The van der Waals surface area contributed by atoms with Gasteiger partial charge in [-0.3, -0.25) is 0 Å². The summed E-state index contributed by atoms with van der Waals surface area (Å²) in [5, 5.41) is 7.39. The summed E-state index contributed by atoms with van der Waals surface area (Å²) in [7, 11) is 0. The minimum absolute atomic E-state index is 1.03. The Morgan fingerprint density at radius 3 is 2.08 bits per heavy atom. The van der Waals surface area contributed by atoms with Gasteiger partial charge in [0.25, 0.3) is 0 Å². The lowest BCUT2D eigenvalue weighted by Crippen LogP contribution is -2.11. The number of fused-ring (bicyclic) bond motifs is 8. The molecule has 0 bridgehead atoms. The van der Waals surface area contributed by atoms with Crippen LogP contribution in [-0.4, -0.2) is 4.57 Å². The molecule has 8 aromatic carbocycles. The second-order valence-electron chi connectivity index (χ2n) is 16.2. The van der Waals surface area contributed by atoms with E-state index in [-0.39, 0.29) is 0 Å². The molecule has 9 aromatic rings. The number of hydrogen-bond donors (Lipinski definition) is 0. The zero-order valence-corrected chi connectivity index (χ0v) is 33.4. The van der Waals surface area contributed by atoms with Gasteiger partial charge in [0.15, 0.2) is 0 Å². The zero-order valence-electron chi connectivity index (χ0n) is 33.4. The van der Waals surface area contributed by atoms with Gasteiger partial charge in [-0.15, -0.1) is 0 Å². The van der Waals surface area contributed by atoms with Crippen LogP contribution < -0.4 is 4.90 Å². The van der Waals surface area contributed by atoms with Crippen molar-refractivity contribution in [2.24, 2.45) is 0 Å². The van der Waals surface area contributed by atoms with Crippen molar-refractivity contribution in [1.29, 1.82) is 0 Å². The van der Waals surface area contributed by atoms with Crippen LogP contribution in [0.25, 0.3) is 65.7 Å². The van der Waals surface area contributed by atoms with Crippen LogP contribution in [0.2, 0.25) is 0 Å². The van der Waals surface area contributed by atoms with Gasteiger partial charge in [0, 0.05) is 33.2 Å². The summed E-state index contributed by atoms with van der Waals surface area (Å²) in [5.74, 6) is 0. The first-order valence-corrected chi connectivity index (χ1v) is 21.3. The average molecular weight is 767 g/mol. The monoisotopic (exact) mass is 766 g/mol. The Hall–Kier alpha value is -7.42. The van der Waals surface area contributed by atoms with Gasteiger partial charge in [-0.05, 0) is 141 Å². The number of allylic oxidation sites excluding steroid dienone is 9. The van der Waals surface area contributed by atoms with E-state index in [0.29, 0.717) is 0 Å². The molecule has 0 unspecified atom stereocenters. The Morgan fingerprint density at radius 2 is 1.22 bits per heavy atom. The highest BCUT2D eigenvalue weighted by atomic mass is 15.1. The fourth-order valence-electron chi connectivity index (χ4n) is 10.1. The Balaban J connectivity index is 1.11. The van der Waals surface area contributed by atoms with Crippen LogP contribution in [0.3, 0.4) is 0 Å². The van der Waals surface area contributed by atoms with Gasteiger partial charge in [0.2, 0.25) is 0 Å². The molecule has 0 fully saturated rings. The maximum atomic E-state index is 2.49. The molecule has 0 aliphatic heterocycles. The third-order valence-electron chi connectivity index (χ3n) is 12.8. The van der Waals surface area contributed by atoms with Crippen molar-refractivity contribution < 1.29 is 0 Å². The maximum Gasteiger partial charge on any atom is 0.0542 e. The molecule has 0 spiro atoms. The van der Waals surface area contributed by atoms with Gasteiger partial charge in [-0.25, -0.2) is 0 Å². The van der Waals surface area contributed by atoms with Crippen LogP contribution >= 0.6 is 0 Å². The Bertz CT molecular complexity index is 3380. The fraction of sp³-hybridized carbons (Fsp3) is 0.0690. The van der Waals surface area contributed by atoms with Gasteiger partial charge < -0.3 is 9.47 Å². The van der Waals surface area contributed by atoms with Crippen molar-refractivity contribution in [3.63, 3.8) is 0 Å². The normalized spacial score (nSPS) is 15.3. The number of benzene rings is 8. The van der Waals surface area contributed by atoms with Gasteiger partial charge in [0.05, 0.1) is 16.7 Å². The molecule has 3 aliphatic carbocycles. The summed E-state index contributed by atoms with van der Waals surface area (Å²) in [5.41, 5.74) is 17.6. The van der Waals surface area contributed by atoms with Gasteiger partial charge in [-0.2, -0.15) is 0 Å². The summed E-state index contributed by atoms with van der Waals surface area (Å²) in [4.78, 5) is 2.49. The molecular formula is C58H42N2. The quantitative estimate of drug-likeness (QED) is 0.164. The highest BCUT2D eigenvalue weighted by molar-refractivity contribution is 6.12. The van der Waals surface area contributed by atoms with Crippen LogP contribution in [0.4, 0.5) is 17.1 Å². The van der Waals surface area contributed by atoms with Crippen molar-refractivity contribution in [3.05, 3.63) is 234 Å². The van der Waals surface area contributed by atoms with E-state index in [1.165, 1.54) is 93.6 Å². The second kappa shape index (κ2) is 14.1. The van der Waals surface area contributed by atoms with Crippen LogP contribution in [0.15, 0.2) is 223 Å². The number of nitrogens with zero attached hydrogens (tertiary/aromatic N) is 2. The van der Waals surface area contributed by atoms with Crippen LogP contribution in [0.5, 0.6) is 0 Å². The topological polar surface area (TPSA) is 8.17 Å². The standard InChI is InChI=1S/C58H42N2/c1-3-18-41(19-4-1)57(42-20-5-2-6-21-42)58-51-27-12-11-25-48(51)49-34-32-45(38-53(49)58)59(54-29-15-23-40-17-9-10-24-47(40)54)46-33-35-56-52(37-46)50-26-13-14-28-55(50)60(56)44-31-30-39-16-7-8-22-43(39)36-44/h1,3,5,7-18,20-38H,2,4,6,19H2/b58-57+. The third-order valence-corrected chi connectivity index (χ3v) is 12.8. The molecule has 2 nitrogen and oxygen atoms in total. The van der Waals surface area contributed by atoms with Crippen molar-refractivity contribution in [1.82, 2.24) is 4.57 Å². The number of para-hydroxylation sites is 1. The predicted molar refractivity (Wildman–Crippen MR) is 255 cm³/mol. The molecule has 284 valence electrons. The minimum atomic E-state index is 1.03. The number of anilines is 3. The summed E-state index contributed by atoms with van der Waals surface area (Å²) in [6, 6.07) is 63.1. The lowest BCUT2D eigenvalue weighted by Gasteiger charge is -2.28. The average Bonchev–Trinajstić information content (AvgIpc) is 3.82. The lowest BCUT2D eigenvalue weighted by molar-refractivity contribution is 0.964.